The van der Waals surface area contributed by atoms with Crippen molar-refractivity contribution < 1.29 is 4.39 Å². The standard InChI is InChI=1S/C16H17BrFN/c1-3-19-16(12-6-4-11(2)5-7-12)13-8-14(17)10-15(18)9-13/h4-10,16,19H,3H2,1-2H3. The highest BCUT2D eigenvalue weighted by atomic mass is 79.9. The lowest BCUT2D eigenvalue weighted by atomic mass is 9.98. The predicted octanol–water partition coefficient (Wildman–Crippen LogP) is 4.60. The van der Waals surface area contributed by atoms with Crippen molar-refractivity contribution in [2.24, 2.45) is 0 Å². The molecule has 0 saturated heterocycles. The smallest absolute Gasteiger partial charge is 0.124 e. The van der Waals surface area contributed by atoms with Crippen molar-refractivity contribution in [3.8, 4) is 0 Å². The molecule has 1 atom stereocenters. The molecule has 1 unspecified atom stereocenters. The first kappa shape index (κ1) is 14.2. The molecule has 0 aliphatic carbocycles. The van der Waals surface area contributed by atoms with Gasteiger partial charge in [-0.1, -0.05) is 52.7 Å². The fourth-order valence-electron chi connectivity index (χ4n) is 2.13. The Morgan fingerprint density at radius 2 is 1.79 bits per heavy atom. The Bertz CT molecular complexity index is 531. The van der Waals surface area contributed by atoms with Crippen LogP contribution in [0.4, 0.5) is 4.39 Å². The second kappa shape index (κ2) is 6.31. The van der Waals surface area contributed by atoms with E-state index in [0.29, 0.717) is 0 Å². The molecule has 1 N–H and O–H groups in total. The number of hydrogen-bond acceptors (Lipinski definition) is 1. The molecule has 0 aromatic heterocycles. The number of aryl methyl sites for hydroxylation is 1. The van der Waals surface area contributed by atoms with E-state index in [2.05, 4.69) is 59.4 Å². The van der Waals surface area contributed by atoms with Gasteiger partial charge in [0.1, 0.15) is 5.82 Å². The van der Waals surface area contributed by atoms with Gasteiger partial charge in [0.15, 0.2) is 0 Å². The SMILES string of the molecule is CCNC(c1ccc(C)cc1)c1cc(F)cc(Br)c1. The van der Waals surface area contributed by atoms with Crippen molar-refractivity contribution in [2.75, 3.05) is 6.54 Å². The maximum absolute atomic E-state index is 13.6. The molecule has 0 fully saturated rings. The van der Waals surface area contributed by atoms with E-state index in [1.165, 1.54) is 11.6 Å². The average Bonchev–Trinajstić information content (AvgIpc) is 2.36. The van der Waals surface area contributed by atoms with Gasteiger partial charge in [-0.15, -0.1) is 0 Å². The van der Waals surface area contributed by atoms with E-state index in [9.17, 15) is 4.39 Å². The third kappa shape index (κ3) is 3.64. The van der Waals surface area contributed by atoms with E-state index < -0.39 is 0 Å². The Labute approximate surface area is 122 Å². The minimum atomic E-state index is -0.223. The van der Waals surface area contributed by atoms with Crippen molar-refractivity contribution in [1.82, 2.24) is 5.32 Å². The van der Waals surface area contributed by atoms with Crippen LogP contribution >= 0.6 is 15.9 Å². The Kier molecular flexibility index (Phi) is 4.72. The molecule has 0 heterocycles. The van der Waals surface area contributed by atoms with Crippen molar-refractivity contribution in [1.29, 1.82) is 0 Å². The molecule has 2 rings (SSSR count). The zero-order valence-electron chi connectivity index (χ0n) is 11.1. The number of hydrogen-bond donors (Lipinski definition) is 1. The molecule has 0 saturated carbocycles. The van der Waals surface area contributed by atoms with Crippen LogP contribution in [0.15, 0.2) is 46.9 Å². The molecule has 0 aliphatic rings. The second-order valence-electron chi connectivity index (χ2n) is 4.60. The van der Waals surface area contributed by atoms with Gasteiger partial charge in [0.25, 0.3) is 0 Å². The van der Waals surface area contributed by atoms with Crippen LogP contribution in [-0.4, -0.2) is 6.54 Å². The van der Waals surface area contributed by atoms with E-state index in [0.717, 1.165) is 22.1 Å². The summed E-state index contributed by atoms with van der Waals surface area (Å²) in [6.45, 7) is 4.94. The highest BCUT2D eigenvalue weighted by Gasteiger charge is 2.14. The van der Waals surface area contributed by atoms with Crippen LogP contribution in [0, 0.1) is 12.7 Å². The van der Waals surface area contributed by atoms with Gasteiger partial charge in [-0.05, 0) is 42.8 Å². The van der Waals surface area contributed by atoms with E-state index in [1.54, 1.807) is 6.07 Å². The number of halogens is 2. The molecule has 0 bridgehead atoms. The molecule has 19 heavy (non-hydrogen) atoms. The molecule has 2 aromatic rings. The molecular formula is C16H17BrFN. The predicted molar refractivity (Wildman–Crippen MR) is 80.8 cm³/mol. The van der Waals surface area contributed by atoms with Crippen molar-refractivity contribution in [3.63, 3.8) is 0 Å². The molecule has 0 aliphatic heterocycles. The first-order valence-corrected chi connectivity index (χ1v) is 7.15. The summed E-state index contributed by atoms with van der Waals surface area (Å²) < 4.78 is 14.3. The summed E-state index contributed by atoms with van der Waals surface area (Å²) in [6.07, 6.45) is 0. The minimum absolute atomic E-state index is 0.0117. The molecular weight excluding hydrogens is 305 g/mol. The van der Waals surface area contributed by atoms with Crippen LogP contribution in [0.2, 0.25) is 0 Å². The highest BCUT2D eigenvalue weighted by Crippen LogP contribution is 2.26. The van der Waals surface area contributed by atoms with Gasteiger partial charge in [-0.3, -0.25) is 0 Å². The Balaban J connectivity index is 2.41. The van der Waals surface area contributed by atoms with E-state index in [1.807, 2.05) is 6.07 Å². The summed E-state index contributed by atoms with van der Waals surface area (Å²) in [4.78, 5) is 0. The van der Waals surface area contributed by atoms with Crippen molar-refractivity contribution >= 4 is 15.9 Å². The van der Waals surface area contributed by atoms with Crippen LogP contribution in [0.1, 0.15) is 29.7 Å². The third-order valence-electron chi connectivity index (χ3n) is 3.04. The molecule has 100 valence electrons. The Morgan fingerprint density at radius 1 is 1.11 bits per heavy atom. The van der Waals surface area contributed by atoms with Crippen molar-refractivity contribution in [3.05, 3.63) is 69.4 Å². The lowest BCUT2D eigenvalue weighted by Crippen LogP contribution is -2.22. The normalized spacial score (nSPS) is 12.4. The third-order valence-corrected chi connectivity index (χ3v) is 3.49. The minimum Gasteiger partial charge on any atom is -0.307 e. The van der Waals surface area contributed by atoms with Gasteiger partial charge in [0.2, 0.25) is 0 Å². The zero-order valence-corrected chi connectivity index (χ0v) is 12.7. The molecule has 0 radical (unpaired) electrons. The van der Waals surface area contributed by atoms with Crippen LogP contribution in [0.5, 0.6) is 0 Å². The Hall–Kier alpha value is -1.19. The summed E-state index contributed by atoms with van der Waals surface area (Å²) >= 11 is 3.35. The van der Waals surface area contributed by atoms with Gasteiger partial charge in [0, 0.05) is 4.47 Å². The summed E-state index contributed by atoms with van der Waals surface area (Å²) in [6, 6.07) is 13.3. The molecule has 1 nitrogen and oxygen atoms in total. The van der Waals surface area contributed by atoms with Gasteiger partial charge >= 0.3 is 0 Å². The van der Waals surface area contributed by atoms with Gasteiger partial charge < -0.3 is 5.32 Å². The van der Waals surface area contributed by atoms with E-state index in [-0.39, 0.29) is 11.9 Å². The van der Waals surface area contributed by atoms with Gasteiger partial charge in [-0.25, -0.2) is 4.39 Å². The lowest BCUT2D eigenvalue weighted by Gasteiger charge is -2.19. The maximum atomic E-state index is 13.6. The summed E-state index contributed by atoms with van der Waals surface area (Å²) in [5.41, 5.74) is 3.29. The van der Waals surface area contributed by atoms with Crippen molar-refractivity contribution in [2.45, 2.75) is 19.9 Å². The summed E-state index contributed by atoms with van der Waals surface area (Å²) in [5.74, 6) is -0.223. The summed E-state index contributed by atoms with van der Waals surface area (Å²) in [7, 11) is 0. The monoisotopic (exact) mass is 321 g/mol. The number of nitrogens with one attached hydrogen (secondary N) is 1. The molecule has 0 amide bonds. The molecule has 0 spiro atoms. The maximum Gasteiger partial charge on any atom is 0.124 e. The quantitative estimate of drug-likeness (QED) is 0.868. The van der Waals surface area contributed by atoms with Gasteiger partial charge in [0.05, 0.1) is 6.04 Å². The number of rotatable bonds is 4. The van der Waals surface area contributed by atoms with Crippen LogP contribution in [0.3, 0.4) is 0 Å². The first-order valence-electron chi connectivity index (χ1n) is 6.36. The Morgan fingerprint density at radius 3 is 2.37 bits per heavy atom. The zero-order chi connectivity index (χ0) is 13.8. The highest BCUT2D eigenvalue weighted by molar-refractivity contribution is 9.10. The van der Waals surface area contributed by atoms with Crippen LogP contribution in [0.25, 0.3) is 0 Å². The van der Waals surface area contributed by atoms with Crippen LogP contribution < -0.4 is 5.32 Å². The average molecular weight is 322 g/mol. The molecule has 2 aromatic carbocycles. The fraction of sp³-hybridized carbons (Fsp3) is 0.250. The lowest BCUT2D eigenvalue weighted by molar-refractivity contribution is 0.602. The number of benzene rings is 2. The topological polar surface area (TPSA) is 12.0 Å². The largest absolute Gasteiger partial charge is 0.307 e. The fourth-order valence-corrected chi connectivity index (χ4v) is 2.62. The van der Waals surface area contributed by atoms with Crippen LogP contribution in [-0.2, 0) is 0 Å². The summed E-state index contributed by atoms with van der Waals surface area (Å²) in [5, 5.41) is 3.40. The van der Waals surface area contributed by atoms with E-state index >= 15 is 0 Å². The second-order valence-corrected chi connectivity index (χ2v) is 5.52. The first-order chi connectivity index (χ1) is 9.10. The molecule has 3 heteroatoms. The van der Waals surface area contributed by atoms with Gasteiger partial charge in [-0.2, -0.15) is 0 Å². The van der Waals surface area contributed by atoms with E-state index in [4.69, 9.17) is 0 Å².